The molecule has 28 heavy (non-hydrogen) atoms. The predicted octanol–water partition coefficient (Wildman–Crippen LogP) is 3.01. The Morgan fingerprint density at radius 2 is 2.11 bits per heavy atom. The minimum atomic E-state index is 0. The molecule has 0 aliphatic carbocycles. The first-order valence-corrected chi connectivity index (χ1v) is 9.93. The molecule has 1 atom stereocenters. The Morgan fingerprint density at radius 3 is 2.82 bits per heavy atom. The Morgan fingerprint density at radius 1 is 1.29 bits per heavy atom. The maximum Gasteiger partial charge on any atom is 0.191 e. The lowest BCUT2D eigenvalue weighted by molar-refractivity contribution is 0.267. The van der Waals surface area contributed by atoms with Gasteiger partial charge in [-0.3, -0.25) is 9.89 Å². The van der Waals surface area contributed by atoms with Gasteiger partial charge in [0.15, 0.2) is 5.96 Å². The number of rotatable bonds is 7. The van der Waals surface area contributed by atoms with E-state index in [1.165, 1.54) is 30.5 Å². The molecule has 1 aliphatic heterocycles. The molecular weight excluding hydrogens is 463 g/mol. The van der Waals surface area contributed by atoms with Gasteiger partial charge in [0.2, 0.25) is 0 Å². The number of halogens is 1. The monoisotopic (exact) mass is 496 g/mol. The molecule has 7 heteroatoms. The van der Waals surface area contributed by atoms with E-state index in [1.54, 1.807) is 0 Å². The number of likely N-dealkylation sites (tertiary alicyclic amines) is 1. The molecule has 1 saturated heterocycles. The molecule has 1 unspecified atom stereocenters. The van der Waals surface area contributed by atoms with Crippen LogP contribution in [-0.2, 0) is 13.1 Å². The van der Waals surface area contributed by atoms with Crippen LogP contribution in [0.25, 0.3) is 0 Å². The number of nitrogens with one attached hydrogen (secondary N) is 2. The zero-order chi connectivity index (χ0) is 19.1. The summed E-state index contributed by atoms with van der Waals surface area (Å²) in [5, 5.41) is 6.93. The average molecular weight is 496 g/mol. The molecule has 154 valence electrons. The first-order valence-electron chi connectivity index (χ1n) is 9.93. The number of hydrogen-bond acceptors (Lipinski definition) is 3. The van der Waals surface area contributed by atoms with Crippen LogP contribution in [0, 0.1) is 6.92 Å². The van der Waals surface area contributed by atoms with Crippen molar-refractivity contribution in [3.63, 3.8) is 0 Å². The van der Waals surface area contributed by atoms with Gasteiger partial charge in [-0.1, -0.05) is 31.2 Å². The molecule has 1 aliphatic rings. The summed E-state index contributed by atoms with van der Waals surface area (Å²) >= 11 is 0. The SMILES string of the molecule is CCN1CCCC1CNC(=NC)NCc1cccc(Cn2ccnc2C)c1.I. The average Bonchev–Trinajstić information content (AvgIpc) is 3.31. The lowest BCUT2D eigenvalue weighted by atomic mass is 10.1. The number of guanidine groups is 1. The van der Waals surface area contributed by atoms with Crippen LogP contribution in [0.2, 0.25) is 0 Å². The summed E-state index contributed by atoms with van der Waals surface area (Å²) < 4.78 is 2.16. The fourth-order valence-electron chi connectivity index (χ4n) is 3.77. The molecular formula is C21H33IN6. The minimum absolute atomic E-state index is 0. The zero-order valence-corrected chi connectivity index (χ0v) is 19.5. The van der Waals surface area contributed by atoms with Crippen LogP contribution in [0.15, 0.2) is 41.7 Å². The fourth-order valence-corrected chi connectivity index (χ4v) is 3.77. The van der Waals surface area contributed by atoms with E-state index in [0.29, 0.717) is 6.04 Å². The van der Waals surface area contributed by atoms with Crippen LogP contribution < -0.4 is 10.6 Å². The van der Waals surface area contributed by atoms with Crippen LogP contribution in [0.4, 0.5) is 0 Å². The van der Waals surface area contributed by atoms with E-state index in [2.05, 4.69) is 61.3 Å². The smallest absolute Gasteiger partial charge is 0.191 e. The minimum Gasteiger partial charge on any atom is -0.355 e. The second-order valence-corrected chi connectivity index (χ2v) is 7.15. The standard InChI is InChI=1S/C21H32N6.HI/c1-4-26-11-6-9-20(26)15-25-21(22-3)24-14-18-7-5-8-19(13-18)16-27-12-10-23-17(27)2;/h5,7-8,10,12-13,20H,4,6,9,11,14-16H2,1-3H3,(H2,22,24,25);1H. The van der Waals surface area contributed by atoms with E-state index in [4.69, 9.17) is 0 Å². The Bertz CT molecular complexity index is 757. The summed E-state index contributed by atoms with van der Waals surface area (Å²) in [7, 11) is 1.83. The van der Waals surface area contributed by atoms with Gasteiger partial charge in [0.05, 0.1) is 0 Å². The molecule has 0 radical (unpaired) electrons. The maximum absolute atomic E-state index is 4.37. The second kappa shape index (κ2) is 11.4. The van der Waals surface area contributed by atoms with Crippen molar-refractivity contribution in [1.29, 1.82) is 0 Å². The third-order valence-electron chi connectivity index (χ3n) is 5.36. The molecule has 0 spiro atoms. The van der Waals surface area contributed by atoms with E-state index in [-0.39, 0.29) is 24.0 Å². The van der Waals surface area contributed by atoms with Crippen LogP contribution in [0.3, 0.4) is 0 Å². The molecule has 2 aromatic rings. The summed E-state index contributed by atoms with van der Waals surface area (Å²) in [6, 6.07) is 9.30. The summed E-state index contributed by atoms with van der Waals surface area (Å²) in [6.07, 6.45) is 6.44. The highest BCUT2D eigenvalue weighted by atomic mass is 127. The normalized spacial score (nSPS) is 17.4. The number of imidazole rings is 1. The van der Waals surface area contributed by atoms with Gasteiger partial charge in [-0.2, -0.15) is 0 Å². The lowest BCUT2D eigenvalue weighted by Gasteiger charge is -2.24. The molecule has 1 aromatic heterocycles. The van der Waals surface area contributed by atoms with Crippen molar-refractivity contribution in [2.75, 3.05) is 26.7 Å². The van der Waals surface area contributed by atoms with Crippen molar-refractivity contribution >= 4 is 29.9 Å². The van der Waals surface area contributed by atoms with Crippen LogP contribution >= 0.6 is 24.0 Å². The number of nitrogens with zero attached hydrogens (tertiary/aromatic N) is 4. The number of hydrogen-bond donors (Lipinski definition) is 2. The van der Waals surface area contributed by atoms with Crippen LogP contribution in [0.5, 0.6) is 0 Å². The van der Waals surface area contributed by atoms with Gasteiger partial charge < -0.3 is 15.2 Å². The van der Waals surface area contributed by atoms with Gasteiger partial charge in [0.1, 0.15) is 5.82 Å². The number of aliphatic imine (C=N–C) groups is 1. The number of benzene rings is 1. The van der Waals surface area contributed by atoms with Crippen LogP contribution in [0.1, 0.15) is 36.7 Å². The van der Waals surface area contributed by atoms with E-state index in [0.717, 1.165) is 38.0 Å². The highest BCUT2D eigenvalue weighted by Crippen LogP contribution is 2.15. The number of likely N-dealkylation sites (N-methyl/N-ethyl adjacent to an activating group) is 1. The first kappa shape index (κ1) is 22.7. The Balaban J connectivity index is 0.00000280. The van der Waals surface area contributed by atoms with Crippen molar-refractivity contribution in [2.45, 2.75) is 45.8 Å². The second-order valence-electron chi connectivity index (χ2n) is 7.15. The maximum atomic E-state index is 4.37. The van der Waals surface area contributed by atoms with Crippen molar-refractivity contribution < 1.29 is 0 Å². The van der Waals surface area contributed by atoms with Crippen molar-refractivity contribution in [3.05, 3.63) is 53.6 Å². The van der Waals surface area contributed by atoms with Gasteiger partial charge in [0, 0.05) is 45.1 Å². The molecule has 6 nitrogen and oxygen atoms in total. The largest absolute Gasteiger partial charge is 0.355 e. The third-order valence-corrected chi connectivity index (χ3v) is 5.36. The lowest BCUT2D eigenvalue weighted by Crippen LogP contribution is -2.44. The van der Waals surface area contributed by atoms with Gasteiger partial charge in [-0.15, -0.1) is 24.0 Å². The van der Waals surface area contributed by atoms with Crippen LogP contribution in [-0.4, -0.2) is 53.1 Å². The highest BCUT2D eigenvalue weighted by Gasteiger charge is 2.22. The Kier molecular flexibility index (Phi) is 9.24. The summed E-state index contributed by atoms with van der Waals surface area (Å²) in [6.45, 7) is 9.18. The fraction of sp³-hybridized carbons (Fsp3) is 0.524. The van der Waals surface area contributed by atoms with Crippen molar-refractivity contribution in [1.82, 2.24) is 25.1 Å². The molecule has 3 rings (SSSR count). The van der Waals surface area contributed by atoms with E-state index in [9.17, 15) is 0 Å². The quantitative estimate of drug-likeness (QED) is 0.352. The topological polar surface area (TPSA) is 57.5 Å². The molecule has 0 amide bonds. The Labute approximate surface area is 185 Å². The molecule has 0 saturated carbocycles. The molecule has 2 N–H and O–H groups in total. The van der Waals surface area contributed by atoms with Gasteiger partial charge in [-0.25, -0.2) is 4.98 Å². The molecule has 1 aromatic carbocycles. The molecule has 1 fully saturated rings. The third kappa shape index (κ3) is 6.20. The predicted molar refractivity (Wildman–Crippen MR) is 126 cm³/mol. The summed E-state index contributed by atoms with van der Waals surface area (Å²) in [5.41, 5.74) is 2.53. The Hall–Kier alpha value is -1.61. The van der Waals surface area contributed by atoms with Crippen molar-refractivity contribution in [3.8, 4) is 0 Å². The summed E-state index contributed by atoms with van der Waals surface area (Å²) in [4.78, 5) is 11.2. The summed E-state index contributed by atoms with van der Waals surface area (Å²) in [5.74, 6) is 1.91. The molecule has 2 heterocycles. The van der Waals surface area contributed by atoms with E-state index >= 15 is 0 Å². The van der Waals surface area contributed by atoms with E-state index in [1.807, 2.05) is 26.4 Å². The van der Waals surface area contributed by atoms with E-state index < -0.39 is 0 Å². The van der Waals surface area contributed by atoms with Gasteiger partial charge in [0.25, 0.3) is 0 Å². The van der Waals surface area contributed by atoms with Gasteiger partial charge >= 0.3 is 0 Å². The highest BCUT2D eigenvalue weighted by molar-refractivity contribution is 14.0. The van der Waals surface area contributed by atoms with Crippen molar-refractivity contribution in [2.24, 2.45) is 4.99 Å². The van der Waals surface area contributed by atoms with Gasteiger partial charge in [-0.05, 0) is 44.0 Å². The molecule has 0 bridgehead atoms. The number of aromatic nitrogens is 2. The first-order chi connectivity index (χ1) is 13.2. The number of aryl methyl sites for hydroxylation is 1. The zero-order valence-electron chi connectivity index (χ0n) is 17.2.